The van der Waals surface area contributed by atoms with Crippen LogP contribution in [0, 0.1) is 17.2 Å². The number of H-pyrrole nitrogens is 1. The molecule has 1 aliphatic heterocycles. The first-order chi connectivity index (χ1) is 13.2. The molecule has 0 radical (unpaired) electrons. The minimum Gasteiger partial charge on any atom is -0.338 e. The molecule has 1 N–H and O–H groups in total. The first kappa shape index (κ1) is 16.9. The predicted molar refractivity (Wildman–Crippen MR) is 98.5 cm³/mol. The minimum atomic E-state index is -0.0235. The molecular weight excluding hydrogens is 340 g/mol. The van der Waals surface area contributed by atoms with Gasteiger partial charge in [-0.1, -0.05) is 6.07 Å². The molecule has 1 unspecified atom stereocenters. The first-order valence-electron chi connectivity index (χ1n) is 8.84. The van der Waals surface area contributed by atoms with Gasteiger partial charge in [-0.15, -0.1) is 0 Å². The second-order valence-electron chi connectivity index (χ2n) is 6.64. The van der Waals surface area contributed by atoms with Crippen LogP contribution in [0.5, 0.6) is 0 Å². The molecule has 0 aliphatic carbocycles. The molecule has 1 fully saturated rings. The van der Waals surface area contributed by atoms with Crippen molar-refractivity contribution in [2.24, 2.45) is 5.92 Å². The summed E-state index contributed by atoms with van der Waals surface area (Å²) in [5, 5.41) is 16.3. The number of nitrogens with one attached hydrogen (secondary N) is 1. The van der Waals surface area contributed by atoms with Crippen LogP contribution in [-0.2, 0) is 6.42 Å². The highest BCUT2D eigenvalue weighted by molar-refractivity contribution is 5.94. The van der Waals surface area contributed by atoms with E-state index in [1.54, 1.807) is 36.7 Å². The summed E-state index contributed by atoms with van der Waals surface area (Å²) >= 11 is 0. The van der Waals surface area contributed by atoms with Crippen LogP contribution in [0.25, 0.3) is 11.4 Å². The van der Waals surface area contributed by atoms with Crippen LogP contribution < -0.4 is 0 Å². The summed E-state index contributed by atoms with van der Waals surface area (Å²) in [6, 6.07) is 12.7. The molecule has 2 aromatic heterocycles. The molecule has 0 saturated carbocycles. The van der Waals surface area contributed by atoms with Crippen molar-refractivity contribution in [2.45, 2.75) is 12.8 Å². The summed E-state index contributed by atoms with van der Waals surface area (Å²) in [6.07, 6.45) is 5.11. The molecule has 1 aromatic carbocycles. The van der Waals surface area contributed by atoms with E-state index < -0.39 is 0 Å². The fraction of sp³-hybridized carbons (Fsp3) is 0.250. The van der Waals surface area contributed by atoms with Gasteiger partial charge in [0.15, 0.2) is 5.82 Å². The van der Waals surface area contributed by atoms with Crippen molar-refractivity contribution >= 4 is 5.91 Å². The van der Waals surface area contributed by atoms with Gasteiger partial charge in [-0.25, -0.2) is 4.98 Å². The van der Waals surface area contributed by atoms with Crippen molar-refractivity contribution in [3.63, 3.8) is 0 Å². The molecule has 1 atom stereocenters. The van der Waals surface area contributed by atoms with Gasteiger partial charge in [0, 0.05) is 43.0 Å². The fourth-order valence-corrected chi connectivity index (χ4v) is 3.38. The number of nitriles is 1. The highest BCUT2D eigenvalue weighted by Crippen LogP contribution is 2.22. The Balaban J connectivity index is 1.39. The Morgan fingerprint density at radius 3 is 2.96 bits per heavy atom. The van der Waals surface area contributed by atoms with Gasteiger partial charge in [0.25, 0.3) is 5.91 Å². The van der Waals surface area contributed by atoms with Gasteiger partial charge in [0.1, 0.15) is 5.82 Å². The predicted octanol–water partition coefficient (Wildman–Crippen LogP) is 2.44. The maximum absolute atomic E-state index is 12.7. The van der Waals surface area contributed by atoms with Gasteiger partial charge >= 0.3 is 0 Å². The van der Waals surface area contributed by atoms with Crippen LogP contribution in [0.15, 0.2) is 48.8 Å². The zero-order valence-corrected chi connectivity index (χ0v) is 14.7. The molecule has 3 heterocycles. The number of likely N-dealkylation sites (tertiary alicyclic amines) is 1. The average Bonchev–Trinajstić information content (AvgIpc) is 3.38. The molecule has 1 saturated heterocycles. The van der Waals surface area contributed by atoms with E-state index in [9.17, 15) is 4.79 Å². The van der Waals surface area contributed by atoms with E-state index >= 15 is 0 Å². The number of hydrogen-bond acceptors (Lipinski definition) is 5. The highest BCUT2D eigenvalue weighted by Gasteiger charge is 2.28. The number of hydrogen-bond donors (Lipinski definition) is 1. The monoisotopic (exact) mass is 358 g/mol. The number of nitrogens with zero attached hydrogens (tertiary/aromatic N) is 5. The van der Waals surface area contributed by atoms with Crippen LogP contribution in [0.2, 0.25) is 0 Å². The number of carbonyl (C=O) groups excluding carboxylic acids is 1. The summed E-state index contributed by atoms with van der Waals surface area (Å²) in [5.41, 5.74) is 1.99. The van der Waals surface area contributed by atoms with Crippen LogP contribution >= 0.6 is 0 Å². The third kappa shape index (κ3) is 3.70. The van der Waals surface area contributed by atoms with E-state index in [4.69, 9.17) is 5.26 Å². The third-order valence-corrected chi connectivity index (χ3v) is 4.76. The van der Waals surface area contributed by atoms with Crippen molar-refractivity contribution in [3.8, 4) is 17.5 Å². The average molecular weight is 358 g/mol. The third-order valence-electron chi connectivity index (χ3n) is 4.76. The lowest BCUT2D eigenvalue weighted by Gasteiger charge is -2.16. The van der Waals surface area contributed by atoms with E-state index in [0.29, 0.717) is 36.0 Å². The van der Waals surface area contributed by atoms with Crippen molar-refractivity contribution in [1.29, 1.82) is 5.26 Å². The number of benzene rings is 1. The molecule has 7 nitrogen and oxygen atoms in total. The van der Waals surface area contributed by atoms with Gasteiger partial charge in [0.2, 0.25) is 0 Å². The van der Waals surface area contributed by atoms with E-state index in [2.05, 4.69) is 26.2 Å². The molecule has 7 heteroatoms. The molecular formula is C20H18N6O. The Morgan fingerprint density at radius 2 is 2.15 bits per heavy atom. The zero-order valence-electron chi connectivity index (χ0n) is 14.7. The summed E-state index contributed by atoms with van der Waals surface area (Å²) in [4.78, 5) is 23.1. The molecule has 1 aliphatic rings. The minimum absolute atomic E-state index is 0.0235. The van der Waals surface area contributed by atoms with Crippen LogP contribution in [0.3, 0.4) is 0 Å². The summed E-state index contributed by atoms with van der Waals surface area (Å²) < 4.78 is 0. The van der Waals surface area contributed by atoms with E-state index in [1.807, 2.05) is 17.0 Å². The number of pyridine rings is 1. The number of aromatic amines is 1. The van der Waals surface area contributed by atoms with Gasteiger partial charge in [0.05, 0.1) is 11.6 Å². The van der Waals surface area contributed by atoms with Crippen LogP contribution in [-0.4, -0.2) is 44.1 Å². The summed E-state index contributed by atoms with van der Waals surface area (Å²) in [5.74, 6) is 1.80. The first-order valence-corrected chi connectivity index (χ1v) is 8.84. The van der Waals surface area contributed by atoms with Gasteiger partial charge in [-0.3, -0.25) is 14.9 Å². The largest absolute Gasteiger partial charge is 0.338 e. The molecule has 3 aromatic rings. The standard InChI is InChI=1S/C20H18N6O/c21-12-14-2-1-3-17(10-14)20(27)26-9-6-15(13-26)11-18-23-19(25-24-18)16-4-7-22-8-5-16/h1-5,7-8,10,15H,6,9,11,13H2,(H,23,24,25). The summed E-state index contributed by atoms with van der Waals surface area (Å²) in [6.45, 7) is 1.40. The lowest BCUT2D eigenvalue weighted by Crippen LogP contribution is -2.29. The van der Waals surface area contributed by atoms with Crippen molar-refractivity contribution in [1.82, 2.24) is 25.1 Å². The lowest BCUT2D eigenvalue weighted by molar-refractivity contribution is 0.0787. The Morgan fingerprint density at radius 1 is 1.30 bits per heavy atom. The van der Waals surface area contributed by atoms with Crippen molar-refractivity contribution in [2.75, 3.05) is 13.1 Å². The fourth-order valence-electron chi connectivity index (χ4n) is 3.38. The Bertz CT molecular complexity index is 991. The number of carbonyl (C=O) groups is 1. The second kappa shape index (κ2) is 7.38. The SMILES string of the molecule is N#Cc1cccc(C(=O)N2CCC(Cc3nc(-c4ccncc4)n[nH]3)C2)c1. The normalized spacial score (nSPS) is 16.3. The highest BCUT2D eigenvalue weighted by atomic mass is 16.2. The molecule has 134 valence electrons. The maximum atomic E-state index is 12.7. The van der Waals surface area contributed by atoms with Gasteiger partial charge in [-0.05, 0) is 42.7 Å². The maximum Gasteiger partial charge on any atom is 0.253 e. The van der Waals surface area contributed by atoms with Crippen LogP contribution in [0.4, 0.5) is 0 Å². The number of aromatic nitrogens is 4. The molecule has 27 heavy (non-hydrogen) atoms. The van der Waals surface area contributed by atoms with E-state index in [1.165, 1.54) is 0 Å². The Hall–Kier alpha value is -3.53. The molecule has 0 bridgehead atoms. The van der Waals surface area contributed by atoms with E-state index in [-0.39, 0.29) is 5.91 Å². The Kier molecular flexibility index (Phi) is 4.62. The Labute approximate surface area is 156 Å². The zero-order chi connectivity index (χ0) is 18.6. The summed E-state index contributed by atoms with van der Waals surface area (Å²) in [7, 11) is 0. The molecule has 0 spiro atoms. The number of rotatable bonds is 4. The molecule has 1 amide bonds. The number of amides is 1. The lowest BCUT2D eigenvalue weighted by atomic mass is 10.0. The quantitative estimate of drug-likeness (QED) is 0.772. The smallest absolute Gasteiger partial charge is 0.253 e. The van der Waals surface area contributed by atoms with Gasteiger partial charge < -0.3 is 4.90 Å². The van der Waals surface area contributed by atoms with Crippen molar-refractivity contribution in [3.05, 3.63) is 65.7 Å². The van der Waals surface area contributed by atoms with Crippen molar-refractivity contribution < 1.29 is 4.79 Å². The second-order valence-corrected chi connectivity index (χ2v) is 6.64. The topological polar surface area (TPSA) is 98.6 Å². The van der Waals surface area contributed by atoms with Crippen LogP contribution in [0.1, 0.15) is 28.2 Å². The molecule has 4 rings (SSSR count). The van der Waals surface area contributed by atoms with E-state index in [0.717, 1.165) is 24.2 Å². The van der Waals surface area contributed by atoms with Gasteiger partial charge in [-0.2, -0.15) is 10.4 Å².